The molecule has 0 bridgehead atoms. The molecule has 4 heteroatoms. The molecule has 0 aliphatic heterocycles. The number of nitrogens with one attached hydrogen (secondary N) is 1. The first kappa shape index (κ1) is 11.5. The van der Waals surface area contributed by atoms with Crippen LogP contribution in [0.15, 0.2) is 30.5 Å². The van der Waals surface area contributed by atoms with Gasteiger partial charge in [-0.2, -0.15) is 5.10 Å². The molecular formula is C13H18N4. The third-order valence-electron chi connectivity index (χ3n) is 2.98. The Kier molecular flexibility index (Phi) is 3.32. The van der Waals surface area contributed by atoms with Crippen molar-refractivity contribution in [2.45, 2.75) is 13.8 Å². The van der Waals surface area contributed by atoms with Crippen LogP contribution in [0.5, 0.6) is 0 Å². The molecule has 4 nitrogen and oxygen atoms in total. The molecule has 0 aliphatic carbocycles. The van der Waals surface area contributed by atoms with Crippen molar-refractivity contribution in [3.8, 4) is 11.1 Å². The lowest BCUT2D eigenvalue weighted by Crippen LogP contribution is -2.21. The standard InChI is InChI=1S/C13H18N4/c1-3-17(4-2)11-7-5-10(6-8-11)12-9-15-16-13(12)14/h5-9H,3-4H2,1-2H3,(H3,14,15,16). The Balaban J connectivity index is 2.27. The quantitative estimate of drug-likeness (QED) is 0.848. The maximum absolute atomic E-state index is 5.79. The third-order valence-corrected chi connectivity index (χ3v) is 2.98. The van der Waals surface area contributed by atoms with E-state index in [1.165, 1.54) is 5.69 Å². The van der Waals surface area contributed by atoms with E-state index < -0.39 is 0 Å². The summed E-state index contributed by atoms with van der Waals surface area (Å²) in [5.41, 5.74) is 9.08. The Bertz CT molecular complexity index is 468. The summed E-state index contributed by atoms with van der Waals surface area (Å²) in [5.74, 6) is 0.612. The Hall–Kier alpha value is -1.97. The van der Waals surface area contributed by atoms with Gasteiger partial charge in [-0.1, -0.05) is 12.1 Å². The molecule has 0 aliphatic rings. The van der Waals surface area contributed by atoms with Crippen LogP contribution in [0.1, 0.15) is 13.8 Å². The van der Waals surface area contributed by atoms with Crippen LogP contribution < -0.4 is 10.6 Å². The molecule has 1 heterocycles. The van der Waals surface area contributed by atoms with Crippen molar-refractivity contribution in [2.24, 2.45) is 0 Å². The summed E-state index contributed by atoms with van der Waals surface area (Å²) in [5, 5.41) is 6.67. The van der Waals surface area contributed by atoms with Crippen LogP contribution in [0.3, 0.4) is 0 Å². The lowest BCUT2D eigenvalue weighted by molar-refractivity contribution is 0.866. The number of hydrogen-bond acceptors (Lipinski definition) is 3. The number of nitrogens with two attached hydrogens (primary N) is 1. The molecule has 2 rings (SSSR count). The van der Waals surface area contributed by atoms with E-state index >= 15 is 0 Å². The zero-order valence-corrected chi connectivity index (χ0v) is 10.3. The highest BCUT2D eigenvalue weighted by molar-refractivity contribution is 5.74. The minimum atomic E-state index is 0.612. The summed E-state index contributed by atoms with van der Waals surface area (Å²) in [6.07, 6.45) is 1.75. The van der Waals surface area contributed by atoms with Crippen LogP contribution in [0.25, 0.3) is 11.1 Å². The number of H-pyrrole nitrogens is 1. The molecule has 1 aromatic carbocycles. The fraction of sp³-hybridized carbons (Fsp3) is 0.308. The van der Waals surface area contributed by atoms with Gasteiger partial charge in [0.15, 0.2) is 0 Å². The maximum atomic E-state index is 5.79. The van der Waals surface area contributed by atoms with E-state index in [9.17, 15) is 0 Å². The molecule has 0 spiro atoms. The fourth-order valence-electron chi connectivity index (χ4n) is 1.97. The van der Waals surface area contributed by atoms with Crippen LogP contribution >= 0.6 is 0 Å². The first-order valence-corrected chi connectivity index (χ1v) is 5.90. The van der Waals surface area contributed by atoms with Gasteiger partial charge in [0.2, 0.25) is 0 Å². The predicted octanol–water partition coefficient (Wildman–Crippen LogP) is 2.51. The zero-order chi connectivity index (χ0) is 12.3. The Morgan fingerprint density at radius 3 is 2.29 bits per heavy atom. The molecule has 3 N–H and O–H groups in total. The van der Waals surface area contributed by atoms with E-state index in [1.54, 1.807) is 6.20 Å². The highest BCUT2D eigenvalue weighted by Gasteiger charge is 2.06. The predicted molar refractivity (Wildman–Crippen MR) is 72.0 cm³/mol. The molecule has 17 heavy (non-hydrogen) atoms. The SMILES string of the molecule is CCN(CC)c1ccc(-c2cn[nH]c2N)cc1. The number of anilines is 2. The van der Waals surface area contributed by atoms with Crippen LogP contribution in [-0.4, -0.2) is 23.3 Å². The second kappa shape index (κ2) is 4.91. The molecule has 0 fully saturated rings. The van der Waals surface area contributed by atoms with E-state index in [-0.39, 0.29) is 0 Å². The Morgan fingerprint density at radius 1 is 1.18 bits per heavy atom. The fourth-order valence-corrected chi connectivity index (χ4v) is 1.97. The van der Waals surface area contributed by atoms with Gasteiger partial charge in [-0.25, -0.2) is 0 Å². The minimum absolute atomic E-state index is 0.612. The number of nitrogen functional groups attached to an aromatic ring is 1. The summed E-state index contributed by atoms with van der Waals surface area (Å²) in [6, 6.07) is 8.40. The lowest BCUT2D eigenvalue weighted by atomic mass is 10.1. The van der Waals surface area contributed by atoms with Gasteiger partial charge < -0.3 is 10.6 Å². The summed E-state index contributed by atoms with van der Waals surface area (Å²) in [4.78, 5) is 2.31. The zero-order valence-electron chi connectivity index (χ0n) is 10.3. The molecule has 90 valence electrons. The molecular weight excluding hydrogens is 212 g/mol. The molecule has 0 saturated carbocycles. The Labute approximate surface area is 101 Å². The van der Waals surface area contributed by atoms with Crippen LogP contribution in [0.4, 0.5) is 11.5 Å². The molecule has 0 amide bonds. The van der Waals surface area contributed by atoms with Crippen molar-refractivity contribution in [3.05, 3.63) is 30.5 Å². The topological polar surface area (TPSA) is 57.9 Å². The van der Waals surface area contributed by atoms with Gasteiger partial charge >= 0.3 is 0 Å². The molecule has 0 radical (unpaired) electrons. The lowest BCUT2D eigenvalue weighted by Gasteiger charge is -2.21. The summed E-state index contributed by atoms with van der Waals surface area (Å²) < 4.78 is 0. The molecule has 0 unspecified atom stereocenters. The number of rotatable bonds is 4. The van der Waals surface area contributed by atoms with Gasteiger partial charge in [-0.3, -0.25) is 5.10 Å². The van der Waals surface area contributed by atoms with E-state index in [0.29, 0.717) is 5.82 Å². The third kappa shape index (κ3) is 2.25. The maximum Gasteiger partial charge on any atom is 0.126 e. The Morgan fingerprint density at radius 2 is 1.82 bits per heavy atom. The highest BCUT2D eigenvalue weighted by atomic mass is 15.1. The number of aromatic nitrogens is 2. The summed E-state index contributed by atoms with van der Waals surface area (Å²) in [6.45, 7) is 6.35. The normalized spacial score (nSPS) is 10.5. The second-order valence-corrected chi connectivity index (χ2v) is 3.92. The summed E-state index contributed by atoms with van der Waals surface area (Å²) in [7, 11) is 0. The van der Waals surface area contributed by atoms with Crippen molar-refractivity contribution < 1.29 is 0 Å². The van der Waals surface area contributed by atoms with E-state index in [0.717, 1.165) is 24.2 Å². The number of aromatic amines is 1. The van der Waals surface area contributed by atoms with Crippen molar-refractivity contribution in [1.82, 2.24) is 10.2 Å². The average molecular weight is 230 g/mol. The van der Waals surface area contributed by atoms with E-state index in [2.05, 4.69) is 53.2 Å². The minimum Gasteiger partial charge on any atom is -0.384 e. The molecule has 2 aromatic rings. The number of nitrogens with zero attached hydrogens (tertiary/aromatic N) is 2. The van der Waals surface area contributed by atoms with E-state index in [1.807, 2.05) is 0 Å². The second-order valence-electron chi connectivity index (χ2n) is 3.92. The van der Waals surface area contributed by atoms with Gasteiger partial charge in [0.25, 0.3) is 0 Å². The number of hydrogen-bond donors (Lipinski definition) is 2. The van der Waals surface area contributed by atoms with Crippen LogP contribution in [-0.2, 0) is 0 Å². The van der Waals surface area contributed by atoms with Gasteiger partial charge in [0, 0.05) is 24.3 Å². The number of benzene rings is 1. The molecule has 0 saturated heterocycles. The van der Waals surface area contributed by atoms with Crippen LogP contribution in [0.2, 0.25) is 0 Å². The first-order chi connectivity index (χ1) is 8.26. The monoisotopic (exact) mass is 230 g/mol. The van der Waals surface area contributed by atoms with Crippen molar-refractivity contribution >= 4 is 11.5 Å². The highest BCUT2D eigenvalue weighted by Crippen LogP contribution is 2.25. The first-order valence-electron chi connectivity index (χ1n) is 5.90. The summed E-state index contributed by atoms with van der Waals surface area (Å²) >= 11 is 0. The largest absolute Gasteiger partial charge is 0.384 e. The average Bonchev–Trinajstić information content (AvgIpc) is 2.78. The molecule has 0 atom stereocenters. The van der Waals surface area contributed by atoms with Gasteiger partial charge in [-0.15, -0.1) is 0 Å². The van der Waals surface area contributed by atoms with Gasteiger partial charge in [0.1, 0.15) is 5.82 Å². The van der Waals surface area contributed by atoms with Gasteiger partial charge in [-0.05, 0) is 31.5 Å². The van der Waals surface area contributed by atoms with Crippen molar-refractivity contribution in [2.75, 3.05) is 23.7 Å². The van der Waals surface area contributed by atoms with E-state index in [4.69, 9.17) is 5.73 Å². The van der Waals surface area contributed by atoms with Gasteiger partial charge in [0.05, 0.1) is 6.20 Å². The smallest absolute Gasteiger partial charge is 0.126 e. The van der Waals surface area contributed by atoms with Crippen molar-refractivity contribution in [1.29, 1.82) is 0 Å². The van der Waals surface area contributed by atoms with Crippen molar-refractivity contribution in [3.63, 3.8) is 0 Å². The van der Waals surface area contributed by atoms with Crippen LogP contribution in [0, 0.1) is 0 Å². The molecule has 1 aromatic heterocycles.